The summed E-state index contributed by atoms with van der Waals surface area (Å²) in [6.07, 6.45) is 1.86. The topological polar surface area (TPSA) is 136 Å². The molecule has 2 aromatic heterocycles. The van der Waals surface area contributed by atoms with E-state index in [2.05, 4.69) is 4.57 Å². The fraction of sp³-hybridized carbons (Fsp3) is 0.250. The number of hydrogen-bond donors (Lipinski definition) is 0. The molecular weight excluding hydrogens is 648 g/mol. The van der Waals surface area contributed by atoms with Gasteiger partial charge < -0.3 is 23.5 Å². The van der Waals surface area contributed by atoms with Gasteiger partial charge in [-0.1, -0.05) is 41.7 Å². The summed E-state index contributed by atoms with van der Waals surface area (Å²) in [5.41, 5.74) is 4.52. The van der Waals surface area contributed by atoms with E-state index in [0.717, 1.165) is 27.7 Å². The minimum atomic E-state index is -0.893. The molecule has 252 valence electrons. The Balaban J connectivity index is 1.55. The molecule has 0 spiro atoms. The molecule has 1 atom stereocenters. The largest absolute Gasteiger partial charge is 0.493 e. The van der Waals surface area contributed by atoms with Gasteiger partial charge >= 0.3 is 5.97 Å². The van der Waals surface area contributed by atoms with Crippen molar-refractivity contribution >= 4 is 40.0 Å². The number of carbonyl (C=O) groups is 1. The van der Waals surface area contributed by atoms with Crippen molar-refractivity contribution in [2.45, 2.75) is 33.4 Å². The monoisotopic (exact) mass is 682 g/mol. The van der Waals surface area contributed by atoms with Crippen LogP contribution < -0.4 is 29.1 Å². The van der Waals surface area contributed by atoms with E-state index in [0.29, 0.717) is 44.4 Å². The summed E-state index contributed by atoms with van der Waals surface area (Å²) < 4.78 is 26.3. The Hall–Kier alpha value is -5.69. The second-order valence-corrected chi connectivity index (χ2v) is 12.3. The molecule has 3 aromatic carbocycles. The summed E-state index contributed by atoms with van der Waals surface area (Å²) in [6.45, 7) is 6.05. The Labute approximate surface area is 284 Å². The van der Waals surface area contributed by atoms with Crippen molar-refractivity contribution in [3.05, 3.63) is 124 Å². The van der Waals surface area contributed by atoms with Crippen molar-refractivity contribution in [3.8, 4) is 17.2 Å². The fourth-order valence-electron chi connectivity index (χ4n) is 6.25. The summed E-state index contributed by atoms with van der Waals surface area (Å²) in [7, 11) is 4.50. The van der Waals surface area contributed by atoms with Gasteiger partial charge in [0.15, 0.2) is 16.3 Å². The molecule has 0 N–H and O–H groups in total. The van der Waals surface area contributed by atoms with Gasteiger partial charge in [0.2, 0.25) is 5.75 Å². The van der Waals surface area contributed by atoms with Crippen molar-refractivity contribution in [3.63, 3.8) is 0 Å². The Morgan fingerprint density at radius 2 is 1.69 bits per heavy atom. The lowest BCUT2D eigenvalue weighted by molar-refractivity contribution is -0.384. The lowest BCUT2D eigenvalue weighted by Crippen LogP contribution is -2.40. The lowest BCUT2D eigenvalue weighted by atomic mass is 9.95. The van der Waals surface area contributed by atoms with Crippen molar-refractivity contribution in [1.82, 2.24) is 9.13 Å². The highest BCUT2D eigenvalue weighted by atomic mass is 32.1. The van der Waals surface area contributed by atoms with Gasteiger partial charge in [0.05, 0.1) is 54.7 Å². The molecule has 0 unspecified atom stereocenters. The molecule has 0 saturated heterocycles. The van der Waals surface area contributed by atoms with Crippen LogP contribution in [0.1, 0.15) is 42.3 Å². The van der Waals surface area contributed by atoms with E-state index >= 15 is 0 Å². The van der Waals surface area contributed by atoms with Gasteiger partial charge in [0.25, 0.3) is 11.2 Å². The van der Waals surface area contributed by atoms with Crippen molar-refractivity contribution in [2.75, 3.05) is 27.9 Å². The van der Waals surface area contributed by atoms with Crippen LogP contribution in [-0.4, -0.2) is 48.0 Å². The number of para-hydroxylation sites is 1. The zero-order chi connectivity index (χ0) is 35.0. The molecule has 3 heterocycles. The average molecular weight is 683 g/mol. The molecule has 1 aliphatic rings. The number of non-ortho nitro benzene ring substituents is 1. The number of fused-ring (bicyclic) bond motifs is 2. The zero-order valence-electron chi connectivity index (χ0n) is 27.8. The molecule has 0 amide bonds. The van der Waals surface area contributed by atoms with Crippen LogP contribution in [0.3, 0.4) is 0 Å². The van der Waals surface area contributed by atoms with Crippen molar-refractivity contribution in [2.24, 2.45) is 4.99 Å². The fourth-order valence-corrected chi connectivity index (χ4v) is 7.27. The van der Waals surface area contributed by atoms with Gasteiger partial charge in [-0.2, -0.15) is 0 Å². The van der Waals surface area contributed by atoms with Gasteiger partial charge in [-0.3, -0.25) is 19.5 Å². The highest BCUT2D eigenvalue weighted by Gasteiger charge is 2.35. The van der Waals surface area contributed by atoms with Crippen LogP contribution in [0.5, 0.6) is 17.2 Å². The first-order chi connectivity index (χ1) is 23.6. The van der Waals surface area contributed by atoms with Crippen LogP contribution in [-0.2, 0) is 16.1 Å². The van der Waals surface area contributed by atoms with Crippen LogP contribution in [0.2, 0.25) is 0 Å². The maximum absolute atomic E-state index is 14.5. The summed E-state index contributed by atoms with van der Waals surface area (Å²) in [6, 6.07) is 16.9. The van der Waals surface area contributed by atoms with Crippen LogP contribution in [0.15, 0.2) is 81.7 Å². The Morgan fingerprint density at radius 3 is 2.31 bits per heavy atom. The SMILES string of the molecule is CCOC(=O)C1=C(C)N=c2s/c(=C\c3c(C)n(Cc4ccc([N+](=O)[O-])cc4)c4ccccc34)c(=O)n2[C@@H]1c1cc(OC)c(OC)c(OC)c1. The number of nitrogens with zero attached hydrogens (tertiary/aromatic N) is 4. The van der Waals surface area contributed by atoms with Gasteiger partial charge in [0, 0.05) is 40.8 Å². The number of ether oxygens (including phenoxy) is 4. The van der Waals surface area contributed by atoms with Crippen LogP contribution >= 0.6 is 11.3 Å². The summed E-state index contributed by atoms with van der Waals surface area (Å²) in [5, 5.41) is 12.1. The van der Waals surface area contributed by atoms with E-state index in [9.17, 15) is 19.7 Å². The molecule has 13 heteroatoms. The third kappa shape index (κ3) is 5.86. The number of methoxy groups -OCH3 is 3. The molecule has 0 saturated carbocycles. The number of allylic oxidation sites excluding steroid dienone is 1. The Morgan fingerprint density at radius 1 is 1.02 bits per heavy atom. The first-order valence-electron chi connectivity index (χ1n) is 15.4. The molecule has 0 bridgehead atoms. The predicted octanol–water partition coefficient (Wildman–Crippen LogP) is 5.04. The van der Waals surface area contributed by atoms with Gasteiger partial charge in [-0.25, -0.2) is 9.79 Å². The molecule has 5 aromatic rings. The minimum absolute atomic E-state index is 0.0279. The standard InChI is InChI=1S/C36H34N4O8S/c1-7-48-35(42)31-20(2)37-36-39(32(31)23-16-28(45-4)33(47-6)29(17-23)46-5)34(41)30(49-36)18-26-21(3)38(27-11-9-8-10-25(26)27)19-22-12-14-24(15-13-22)40(43)44/h8-18,32H,7,19H2,1-6H3/b30-18-/t32-/m1/s1. The molecule has 12 nitrogen and oxygen atoms in total. The van der Waals surface area contributed by atoms with Crippen LogP contribution in [0, 0.1) is 17.0 Å². The molecule has 49 heavy (non-hydrogen) atoms. The number of nitro benzene ring substituents is 1. The van der Waals surface area contributed by atoms with E-state index in [-0.39, 0.29) is 23.4 Å². The minimum Gasteiger partial charge on any atom is -0.493 e. The number of nitro groups is 1. The van der Waals surface area contributed by atoms with Gasteiger partial charge in [-0.05, 0) is 56.2 Å². The first kappa shape index (κ1) is 33.2. The number of rotatable bonds is 10. The molecule has 0 aliphatic carbocycles. The number of esters is 1. The maximum Gasteiger partial charge on any atom is 0.338 e. The van der Waals surface area contributed by atoms with E-state index < -0.39 is 16.9 Å². The number of benzene rings is 3. The number of aromatic nitrogens is 2. The average Bonchev–Trinajstić information content (AvgIpc) is 3.55. The molecule has 0 radical (unpaired) electrons. The second kappa shape index (κ2) is 13.4. The number of thiazole rings is 1. The smallest absolute Gasteiger partial charge is 0.338 e. The van der Waals surface area contributed by atoms with Crippen LogP contribution in [0.4, 0.5) is 5.69 Å². The molecule has 0 fully saturated rings. The van der Waals surface area contributed by atoms with Crippen molar-refractivity contribution < 1.29 is 28.7 Å². The number of carbonyl (C=O) groups excluding carboxylic acids is 1. The zero-order valence-corrected chi connectivity index (χ0v) is 28.6. The van der Waals surface area contributed by atoms with Crippen molar-refractivity contribution in [1.29, 1.82) is 0 Å². The first-order valence-corrected chi connectivity index (χ1v) is 16.2. The van der Waals surface area contributed by atoms with E-state index in [1.165, 1.54) is 49.4 Å². The van der Waals surface area contributed by atoms with E-state index in [1.54, 1.807) is 38.1 Å². The Kier molecular flexibility index (Phi) is 9.11. The molecule has 1 aliphatic heterocycles. The quantitative estimate of drug-likeness (QED) is 0.114. The highest BCUT2D eigenvalue weighted by Crippen LogP contribution is 2.42. The lowest BCUT2D eigenvalue weighted by Gasteiger charge is -2.26. The third-order valence-electron chi connectivity index (χ3n) is 8.56. The predicted molar refractivity (Wildman–Crippen MR) is 185 cm³/mol. The second-order valence-electron chi connectivity index (χ2n) is 11.3. The van der Waals surface area contributed by atoms with Gasteiger partial charge in [0.1, 0.15) is 0 Å². The molecule has 6 rings (SSSR count). The van der Waals surface area contributed by atoms with Crippen LogP contribution in [0.25, 0.3) is 17.0 Å². The Bertz CT molecular complexity index is 2310. The summed E-state index contributed by atoms with van der Waals surface area (Å²) in [4.78, 5) is 43.8. The number of hydrogen-bond acceptors (Lipinski definition) is 10. The van der Waals surface area contributed by atoms with E-state index in [1.807, 2.05) is 37.3 Å². The summed E-state index contributed by atoms with van der Waals surface area (Å²) in [5.74, 6) is 0.531. The van der Waals surface area contributed by atoms with E-state index in [4.69, 9.17) is 23.9 Å². The normalized spacial score (nSPS) is 14.4. The maximum atomic E-state index is 14.5. The highest BCUT2D eigenvalue weighted by molar-refractivity contribution is 7.07. The molecular formula is C36H34N4O8S. The van der Waals surface area contributed by atoms with Gasteiger partial charge in [-0.15, -0.1) is 0 Å². The summed E-state index contributed by atoms with van der Waals surface area (Å²) >= 11 is 1.23. The third-order valence-corrected chi connectivity index (χ3v) is 9.55.